The Bertz CT molecular complexity index is 673. The SMILES string of the molecule is CCN1C[C@]2(C)CC[C@H](O)[C@@]34[C@@H]5C[C@@H]6[C@H](O)[C@@H]5[C@](O)(C[C@@H]6OC)[C@@H](C[C@H]23)[C@@H]14. The van der Waals surface area contributed by atoms with E-state index < -0.39 is 11.7 Å². The molecular weight excluding hydrogens is 342 g/mol. The Labute approximate surface area is 162 Å². The fraction of sp³-hybridized carbons (Fsp3) is 1.00. The Kier molecular flexibility index (Phi) is 3.33. The van der Waals surface area contributed by atoms with Crippen LogP contribution in [0.3, 0.4) is 0 Å². The van der Waals surface area contributed by atoms with Crippen LogP contribution in [0.15, 0.2) is 0 Å². The predicted octanol–water partition coefficient (Wildman–Crippen LogP) is 1.25. The average Bonchev–Trinajstić information content (AvgIpc) is 3.07. The molecule has 5 nitrogen and oxygen atoms in total. The summed E-state index contributed by atoms with van der Waals surface area (Å²) in [6.45, 7) is 6.74. The van der Waals surface area contributed by atoms with Crippen LogP contribution in [0.25, 0.3) is 0 Å². The molecule has 7 bridgehead atoms. The van der Waals surface area contributed by atoms with Crippen molar-refractivity contribution in [2.45, 2.75) is 75.9 Å². The molecule has 0 radical (unpaired) electrons. The highest BCUT2D eigenvalue weighted by Gasteiger charge is 2.82. The largest absolute Gasteiger partial charge is 0.392 e. The summed E-state index contributed by atoms with van der Waals surface area (Å²) in [5, 5.41) is 34.9. The van der Waals surface area contributed by atoms with Gasteiger partial charge in [0, 0.05) is 49.3 Å². The quantitative estimate of drug-likeness (QED) is 0.676. The van der Waals surface area contributed by atoms with Crippen molar-refractivity contribution < 1.29 is 20.1 Å². The van der Waals surface area contributed by atoms with E-state index in [0.29, 0.717) is 12.3 Å². The van der Waals surface area contributed by atoms with Crippen molar-refractivity contribution >= 4 is 0 Å². The molecule has 1 spiro atoms. The number of aliphatic hydroxyl groups excluding tert-OH is 2. The van der Waals surface area contributed by atoms with Gasteiger partial charge < -0.3 is 20.1 Å². The van der Waals surface area contributed by atoms with Crippen LogP contribution in [0.2, 0.25) is 0 Å². The molecule has 1 saturated heterocycles. The average molecular weight is 378 g/mol. The molecule has 6 aliphatic rings. The third kappa shape index (κ3) is 1.66. The number of hydrogen-bond acceptors (Lipinski definition) is 5. The second-order valence-electron chi connectivity index (χ2n) is 11.1. The highest BCUT2D eigenvalue weighted by Crippen LogP contribution is 2.78. The van der Waals surface area contributed by atoms with Gasteiger partial charge in [0.1, 0.15) is 0 Å². The minimum atomic E-state index is -0.858. The summed E-state index contributed by atoms with van der Waals surface area (Å²) in [5.74, 6) is 0.840. The number of nitrogens with zero attached hydrogens (tertiary/aromatic N) is 1. The number of fused-ring (bicyclic) bond motifs is 2. The maximum atomic E-state index is 12.1. The van der Waals surface area contributed by atoms with Crippen molar-refractivity contribution in [1.82, 2.24) is 4.90 Å². The Balaban J connectivity index is 1.59. The van der Waals surface area contributed by atoms with Gasteiger partial charge in [-0.15, -0.1) is 0 Å². The second-order valence-corrected chi connectivity index (χ2v) is 11.1. The lowest BCUT2D eigenvalue weighted by molar-refractivity contribution is -0.266. The van der Waals surface area contributed by atoms with E-state index in [1.807, 2.05) is 0 Å². The summed E-state index contributed by atoms with van der Waals surface area (Å²) in [5.41, 5.74) is -0.788. The molecule has 1 heterocycles. The van der Waals surface area contributed by atoms with Crippen LogP contribution in [0, 0.1) is 40.4 Å². The van der Waals surface area contributed by atoms with Crippen molar-refractivity contribution in [1.29, 1.82) is 0 Å². The zero-order chi connectivity index (χ0) is 18.9. The van der Waals surface area contributed by atoms with Crippen molar-refractivity contribution in [3.63, 3.8) is 0 Å². The van der Waals surface area contributed by atoms with E-state index in [1.54, 1.807) is 7.11 Å². The van der Waals surface area contributed by atoms with Gasteiger partial charge in [-0.05, 0) is 49.5 Å². The molecular formula is C22H35NO4. The van der Waals surface area contributed by atoms with Gasteiger partial charge in [0.2, 0.25) is 0 Å². The molecule has 0 aromatic heterocycles. The Morgan fingerprint density at radius 3 is 2.67 bits per heavy atom. The number of aliphatic hydroxyl groups is 3. The lowest BCUT2D eigenvalue weighted by Gasteiger charge is -2.68. The number of likely N-dealkylation sites (tertiary alicyclic amines) is 1. The zero-order valence-corrected chi connectivity index (χ0v) is 16.8. The lowest BCUT2D eigenvalue weighted by atomic mass is 9.43. The first kappa shape index (κ1) is 17.6. The maximum Gasteiger partial charge on any atom is 0.0771 e. The molecule has 5 aliphatic carbocycles. The van der Waals surface area contributed by atoms with Gasteiger partial charge in [0.15, 0.2) is 0 Å². The highest BCUT2D eigenvalue weighted by molar-refractivity contribution is 5.32. The van der Waals surface area contributed by atoms with Crippen molar-refractivity contribution in [3.05, 3.63) is 0 Å². The van der Waals surface area contributed by atoms with Gasteiger partial charge in [0.05, 0.1) is 23.9 Å². The topological polar surface area (TPSA) is 73.2 Å². The van der Waals surface area contributed by atoms with Crippen LogP contribution < -0.4 is 0 Å². The molecule has 0 aromatic rings. The highest BCUT2D eigenvalue weighted by atomic mass is 16.5. The van der Waals surface area contributed by atoms with E-state index in [1.165, 1.54) is 0 Å². The molecule has 0 amide bonds. The van der Waals surface area contributed by atoms with Gasteiger partial charge in [-0.1, -0.05) is 13.8 Å². The van der Waals surface area contributed by atoms with Crippen LogP contribution in [0.1, 0.15) is 46.0 Å². The maximum absolute atomic E-state index is 12.1. The normalized spacial score (nSPS) is 66.2. The number of rotatable bonds is 2. The smallest absolute Gasteiger partial charge is 0.0771 e. The summed E-state index contributed by atoms with van der Waals surface area (Å²) in [6, 6.07) is 0.253. The summed E-state index contributed by atoms with van der Waals surface area (Å²) in [6.07, 6.45) is 3.66. The molecule has 0 unspecified atom stereocenters. The van der Waals surface area contributed by atoms with E-state index in [9.17, 15) is 15.3 Å². The summed E-state index contributed by atoms with van der Waals surface area (Å²) in [7, 11) is 1.73. The number of hydrogen-bond donors (Lipinski definition) is 3. The minimum absolute atomic E-state index is 0.0657. The Hall–Kier alpha value is -0.200. The molecule has 5 heteroatoms. The molecule has 5 saturated carbocycles. The van der Waals surface area contributed by atoms with E-state index in [-0.39, 0.29) is 52.8 Å². The Morgan fingerprint density at radius 2 is 1.96 bits per heavy atom. The van der Waals surface area contributed by atoms with E-state index in [4.69, 9.17) is 4.74 Å². The van der Waals surface area contributed by atoms with E-state index >= 15 is 0 Å². The van der Waals surface area contributed by atoms with E-state index in [0.717, 1.165) is 38.8 Å². The van der Waals surface area contributed by atoms with Gasteiger partial charge in [0.25, 0.3) is 0 Å². The molecule has 0 aromatic carbocycles. The lowest BCUT2D eigenvalue weighted by Crippen LogP contribution is -2.75. The number of piperidine rings is 1. The first-order chi connectivity index (χ1) is 12.8. The van der Waals surface area contributed by atoms with Crippen LogP contribution in [-0.4, -0.2) is 70.4 Å². The molecule has 12 atom stereocenters. The van der Waals surface area contributed by atoms with Gasteiger partial charge in [-0.2, -0.15) is 0 Å². The fourth-order valence-electron chi connectivity index (χ4n) is 10.1. The first-order valence-corrected chi connectivity index (χ1v) is 11.2. The van der Waals surface area contributed by atoms with Crippen molar-refractivity contribution in [2.24, 2.45) is 40.4 Å². The van der Waals surface area contributed by atoms with Gasteiger partial charge in [-0.25, -0.2) is 0 Å². The standard InChI is InChI=1S/C22H35NO4/c1-4-23-10-20(2)6-5-16(24)22-12-7-11-14(27-3)9-21(26,17(12)18(11)25)13(19(22)23)8-15(20)22/h11-19,24-26H,4-10H2,1-3H3/t11-,12+,13-,14-,15+,16-,17+,18-,19+,20-,21-,22+/m0/s1. The summed E-state index contributed by atoms with van der Waals surface area (Å²) < 4.78 is 5.79. The van der Waals surface area contributed by atoms with Crippen LogP contribution in [-0.2, 0) is 4.74 Å². The van der Waals surface area contributed by atoms with Crippen molar-refractivity contribution in [3.8, 4) is 0 Å². The molecule has 6 rings (SSSR count). The molecule has 27 heavy (non-hydrogen) atoms. The number of methoxy groups -OCH3 is 1. The molecule has 152 valence electrons. The number of ether oxygens (including phenoxy) is 1. The summed E-state index contributed by atoms with van der Waals surface area (Å²) >= 11 is 0. The molecule has 1 aliphatic heterocycles. The van der Waals surface area contributed by atoms with Gasteiger partial charge in [-0.3, -0.25) is 4.90 Å². The molecule has 6 fully saturated rings. The van der Waals surface area contributed by atoms with Crippen LogP contribution >= 0.6 is 0 Å². The zero-order valence-electron chi connectivity index (χ0n) is 16.8. The second kappa shape index (κ2) is 5.10. The van der Waals surface area contributed by atoms with Gasteiger partial charge >= 0.3 is 0 Å². The van der Waals surface area contributed by atoms with Crippen LogP contribution in [0.4, 0.5) is 0 Å². The predicted molar refractivity (Wildman–Crippen MR) is 99.9 cm³/mol. The molecule has 3 N–H and O–H groups in total. The minimum Gasteiger partial charge on any atom is -0.392 e. The van der Waals surface area contributed by atoms with Crippen LogP contribution in [0.5, 0.6) is 0 Å². The van der Waals surface area contributed by atoms with Crippen molar-refractivity contribution in [2.75, 3.05) is 20.2 Å². The fourth-order valence-corrected chi connectivity index (χ4v) is 10.1. The summed E-state index contributed by atoms with van der Waals surface area (Å²) in [4.78, 5) is 2.60. The third-order valence-corrected chi connectivity index (χ3v) is 10.7. The Morgan fingerprint density at radius 1 is 1.19 bits per heavy atom. The monoisotopic (exact) mass is 377 g/mol. The van der Waals surface area contributed by atoms with E-state index in [2.05, 4.69) is 18.7 Å². The third-order valence-electron chi connectivity index (χ3n) is 10.7. The first-order valence-electron chi connectivity index (χ1n) is 11.2.